The van der Waals surface area contributed by atoms with Gasteiger partial charge >= 0.3 is 5.97 Å². The van der Waals surface area contributed by atoms with Crippen molar-refractivity contribution in [3.8, 4) is 5.75 Å². The molecule has 1 atom stereocenters. The van der Waals surface area contributed by atoms with Gasteiger partial charge in [0.15, 0.2) is 0 Å². The summed E-state index contributed by atoms with van der Waals surface area (Å²) in [5, 5.41) is 12.1. The molecule has 1 unspecified atom stereocenters. The maximum atomic E-state index is 11.2. The second-order valence-corrected chi connectivity index (χ2v) is 4.78. The third-order valence-electron chi connectivity index (χ3n) is 2.76. The SMILES string of the molecule is CCNC(C)(COc1cc(C)cc(C)c1)C(=O)O. The van der Waals surface area contributed by atoms with Gasteiger partial charge in [-0.1, -0.05) is 13.0 Å². The number of nitrogens with one attached hydrogen (secondary N) is 1. The van der Waals surface area contributed by atoms with E-state index in [1.54, 1.807) is 6.92 Å². The van der Waals surface area contributed by atoms with Gasteiger partial charge in [-0.15, -0.1) is 0 Å². The number of ether oxygens (including phenoxy) is 1. The van der Waals surface area contributed by atoms with Gasteiger partial charge in [0, 0.05) is 0 Å². The monoisotopic (exact) mass is 251 g/mol. The van der Waals surface area contributed by atoms with E-state index in [9.17, 15) is 9.90 Å². The predicted octanol–water partition coefficient (Wildman–Crippen LogP) is 2.14. The summed E-state index contributed by atoms with van der Waals surface area (Å²) in [5.41, 5.74) is 1.14. The van der Waals surface area contributed by atoms with Crippen LogP contribution in [-0.4, -0.2) is 29.8 Å². The lowest BCUT2D eigenvalue weighted by Gasteiger charge is -2.25. The maximum Gasteiger partial charge on any atom is 0.327 e. The molecule has 0 saturated carbocycles. The van der Waals surface area contributed by atoms with E-state index in [2.05, 4.69) is 5.32 Å². The Hall–Kier alpha value is -1.55. The average molecular weight is 251 g/mol. The summed E-state index contributed by atoms with van der Waals surface area (Å²) in [4.78, 5) is 11.2. The van der Waals surface area contributed by atoms with Crippen molar-refractivity contribution in [3.63, 3.8) is 0 Å². The molecule has 0 aromatic heterocycles. The minimum Gasteiger partial charge on any atom is -0.491 e. The number of carbonyl (C=O) groups is 1. The van der Waals surface area contributed by atoms with Gasteiger partial charge in [0.2, 0.25) is 0 Å². The molecule has 18 heavy (non-hydrogen) atoms. The molecule has 1 aromatic carbocycles. The Morgan fingerprint density at radius 2 is 1.89 bits per heavy atom. The Balaban J connectivity index is 2.76. The Morgan fingerprint density at radius 1 is 1.33 bits per heavy atom. The highest BCUT2D eigenvalue weighted by molar-refractivity contribution is 5.78. The van der Waals surface area contributed by atoms with E-state index in [4.69, 9.17) is 4.74 Å². The van der Waals surface area contributed by atoms with E-state index in [1.807, 2.05) is 39.0 Å². The van der Waals surface area contributed by atoms with Gasteiger partial charge in [0.1, 0.15) is 17.9 Å². The first-order valence-electron chi connectivity index (χ1n) is 6.07. The number of aryl methyl sites for hydroxylation is 2. The lowest BCUT2D eigenvalue weighted by Crippen LogP contribution is -2.53. The summed E-state index contributed by atoms with van der Waals surface area (Å²) in [6.07, 6.45) is 0. The van der Waals surface area contributed by atoms with E-state index < -0.39 is 11.5 Å². The highest BCUT2D eigenvalue weighted by Crippen LogP contribution is 2.18. The first-order valence-corrected chi connectivity index (χ1v) is 6.07. The molecule has 4 heteroatoms. The minimum atomic E-state index is -1.06. The second kappa shape index (κ2) is 5.87. The molecule has 0 aliphatic carbocycles. The Kier molecular flexibility index (Phi) is 4.73. The number of carboxylic acids is 1. The van der Waals surface area contributed by atoms with Crippen molar-refractivity contribution >= 4 is 5.97 Å². The summed E-state index contributed by atoms with van der Waals surface area (Å²) in [6.45, 7) is 8.15. The molecule has 4 nitrogen and oxygen atoms in total. The van der Waals surface area contributed by atoms with Crippen LogP contribution in [0.15, 0.2) is 18.2 Å². The Bertz CT molecular complexity index is 411. The normalized spacial score (nSPS) is 14.0. The quantitative estimate of drug-likeness (QED) is 0.813. The largest absolute Gasteiger partial charge is 0.491 e. The molecular weight excluding hydrogens is 230 g/mol. The van der Waals surface area contributed by atoms with Gasteiger partial charge in [0.05, 0.1) is 0 Å². The molecule has 0 saturated heterocycles. The number of benzene rings is 1. The van der Waals surface area contributed by atoms with Crippen LogP contribution in [0, 0.1) is 13.8 Å². The smallest absolute Gasteiger partial charge is 0.327 e. The van der Waals surface area contributed by atoms with E-state index in [1.165, 1.54) is 0 Å². The van der Waals surface area contributed by atoms with Crippen molar-refractivity contribution in [3.05, 3.63) is 29.3 Å². The van der Waals surface area contributed by atoms with Crippen molar-refractivity contribution in [2.24, 2.45) is 0 Å². The second-order valence-electron chi connectivity index (χ2n) is 4.78. The average Bonchev–Trinajstić information content (AvgIpc) is 2.25. The lowest BCUT2D eigenvalue weighted by atomic mass is 10.0. The Morgan fingerprint density at radius 3 is 2.33 bits per heavy atom. The number of hydrogen-bond acceptors (Lipinski definition) is 3. The van der Waals surface area contributed by atoms with Crippen LogP contribution >= 0.6 is 0 Å². The zero-order valence-electron chi connectivity index (χ0n) is 11.4. The Labute approximate surface area is 108 Å². The summed E-state index contributed by atoms with van der Waals surface area (Å²) in [6, 6.07) is 5.86. The van der Waals surface area contributed by atoms with Crippen molar-refractivity contribution < 1.29 is 14.6 Å². The number of rotatable bonds is 6. The first kappa shape index (κ1) is 14.5. The van der Waals surface area contributed by atoms with Gasteiger partial charge in [-0.2, -0.15) is 0 Å². The third kappa shape index (κ3) is 3.74. The van der Waals surface area contributed by atoms with Gasteiger partial charge in [-0.3, -0.25) is 10.1 Å². The van der Waals surface area contributed by atoms with Crippen molar-refractivity contribution in [1.82, 2.24) is 5.32 Å². The topological polar surface area (TPSA) is 58.6 Å². The molecule has 0 bridgehead atoms. The van der Waals surface area contributed by atoms with Crippen LogP contribution < -0.4 is 10.1 Å². The molecule has 1 aromatic rings. The standard InChI is InChI=1S/C14H21NO3/c1-5-15-14(4,13(16)17)9-18-12-7-10(2)6-11(3)8-12/h6-8,15H,5,9H2,1-4H3,(H,16,17). The molecule has 2 N–H and O–H groups in total. The van der Waals surface area contributed by atoms with Gasteiger partial charge in [-0.05, 0) is 50.6 Å². The third-order valence-corrected chi connectivity index (χ3v) is 2.76. The van der Waals surface area contributed by atoms with E-state index in [0.29, 0.717) is 12.3 Å². The fourth-order valence-corrected chi connectivity index (χ4v) is 1.82. The van der Waals surface area contributed by atoms with Crippen LogP contribution in [0.3, 0.4) is 0 Å². The highest BCUT2D eigenvalue weighted by atomic mass is 16.5. The fraction of sp³-hybridized carbons (Fsp3) is 0.500. The summed E-state index contributed by atoms with van der Waals surface area (Å²) >= 11 is 0. The molecule has 0 amide bonds. The van der Waals surface area contributed by atoms with Crippen LogP contribution in [-0.2, 0) is 4.79 Å². The molecule has 0 aliphatic rings. The maximum absolute atomic E-state index is 11.2. The van der Waals surface area contributed by atoms with E-state index in [-0.39, 0.29) is 6.61 Å². The van der Waals surface area contributed by atoms with Crippen LogP contribution in [0.5, 0.6) is 5.75 Å². The number of likely N-dealkylation sites (N-methyl/N-ethyl adjacent to an activating group) is 1. The zero-order chi connectivity index (χ0) is 13.8. The van der Waals surface area contributed by atoms with Crippen molar-refractivity contribution in [2.45, 2.75) is 33.2 Å². The fourth-order valence-electron chi connectivity index (χ4n) is 1.82. The summed E-state index contributed by atoms with van der Waals surface area (Å²) in [5.74, 6) is -0.202. The summed E-state index contributed by atoms with van der Waals surface area (Å²) < 4.78 is 5.60. The van der Waals surface area contributed by atoms with Gasteiger partial charge in [-0.25, -0.2) is 0 Å². The number of carboxylic acid groups (broad SMARTS) is 1. The van der Waals surface area contributed by atoms with Crippen LogP contribution in [0.25, 0.3) is 0 Å². The molecule has 100 valence electrons. The van der Waals surface area contributed by atoms with Gasteiger partial charge < -0.3 is 9.84 Å². The van der Waals surface area contributed by atoms with Crippen LogP contribution in [0.2, 0.25) is 0 Å². The molecule has 0 aliphatic heterocycles. The predicted molar refractivity (Wildman–Crippen MR) is 71.1 cm³/mol. The van der Waals surface area contributed by atoms with Crippen LogP contribution in [0.1, 0.15) is 25.0 Å². The molecule has 0 heterocycles. The molecule has 0 spiro atoms. The first-order chi connectivity index (χ1) is 8.37. The minimum absolute atomic E-state index is 0.0963. The molecule has 1 rings (SSSR count). The van der Waals surface area contributed by atoms with E-state index >= 15 is 0 Å². The lowest BCUT2D eigenvalue weighted by molar-refractivity contribution is -0.145. The molecule has 0 fully saturated rings. The number of hydrogen-bond donors (Lipinski definition) is 2. The van der Waals surface area contributed by atoms with Crippen molar-refractivity contribution in [1.29, 1.82) is 0 Å². The highest BCUT2D eigenvalue weighted by Gasteiger charge is 2.33. The van der Waals surface area contributed by atoms with E-state index in [0.717, 1.165) is 11.1 Å². The zero-order valence-corrected chi connectivity index (χ0v) is 11.4. The van der Waals surface area contributed by atoms with Crippen molar-refractivity contribution in [2.75, 3.05) is 13.2 Å². The number of aliphatic carboxylic acids is 1. The van der Waals surface area contributed by atoms with Gasteiger partial charge in [0.25, 0.3) is 0 Å². The molecular formula is C14H21NO3. The molecule has 0 radical (unpaired) electrons. The van der Waals surface area contributed by atoms with Crippen LogP contribution in [0.4, 0.5) is 0 Å². The summed E-state index contributed by atoms with van der Waals surface area (Å²) in [7, 11) is 0.